The van der Waals surface area contributed by atoms with Gasteiger partial charge in [-0.05, 0) is 54.7 Å². The highest BCUT2D eigenvalue weighted by Crippen LogP contribution is 2.46. The van der Waals surface area contributed by atoms with Crippen LogP contribution in [0.5, 0.6) is 11.5 Å². The first-order valence-electron chi connectivity index (χ1n) is 14.8. The summed E-state index contributed by atoms with van der Waals surface area (Å²) in [5.41, 5.74) is 3.01. The van der Waals surface area contributed by atoms with Crippen LogP contribution in [-0.4, -0.2) is 50.1 Å². The number of rotatable bonds is 11. The van der Waals surface area contributed by atoms with Crippen LogP contribution in [0, 0.1) is 12.8 Å². The molecule has 1 N–H and O–H groups in total. The summed E-state index contributed by atoms with van der Waals surface area (Å²) < 4.78 is 14.0. The summed E-state index contributed by atoms with van der Waals surface area (Å²) in [5.74, 6) is 0.131. The van der Waals surface area contributed by atoms with Gasteiger partial charge < -0.3 is 14.6 Å². The second kappa shape index (κ2) is 13.4. The molecule has 1 aliphatic rings. The third-order valence-electron chi connectivity index (χ3n) is 7.64. The van der Waals surface area contributed by atoms with Gasteiger partial charge in [-0.15, -0.1) is 10.2 Å². The molecule has 4 heterocycles. The maximum atomic E-state index is 13.9. The number of amides is 1. The average Bonchev–Trinajstić information content (AvgIpc) is 3.73. The number of hydrogen-bond donors (Lipinski definition) is 1. The number of carbonyl (C=O) groups excluding carboxylic acids is 2. The van der Waals surface area contributed by atoms with Crippen molar-refractivity contribution in [3.63, 3.8) is 0 Å². The Bertz CT molecular complexity index is 1930. The van der Waals surface area contributed by atoms with Gasteiger partial charge in [0.1, 0.15) is 11.3 Å². The SMILES string of the molecule is COc1cc(C2C(=C(O)c3c(C)nc4ccccn34)C(=O)C(=O)N2c2nnc(SCc3ccccc3)s2)ccc1OCCC(C)C. The average molecular weight is 656 g/mol. The minimum atomic E-state index is -1.02. The summed E-state index contributed by atoms with van der Waals surface area (Å²) in [4.78, 5) is 33.5. The van der Waals surface area contributed by atoms with Crippen LogP contribution in [0.15, 0.2) is 82.8 Å². The van der Waals surface area contributed by atoms with Crippen molar-refractivity contribution in [3.8, 4) is 11.5 Å². The molecule has 1 unspecified atom stereocenters. The Kier molecular flexibility index (Phi) is 9.09. The zero-order valence-electron chi connectivity index (χ0n) is 25.8. The number of aliphatic hydroxyl groups excluding tert-OH is 1. The number of methoxy groups -OCH3 is 1. The number of aryl methyl sites for hydroxylation is 1. The zero-order valence-corrected chi connectivity index (χ0v) is 27.5. The lowest BCUT2D eigenvalue weighted by molar-refractivity contribution is -0.132. The van der Waals surface area contributed by atoms with Crippen LogP contribution >= 0.6 is 23.1 Å². The van der Waals surface area contributed by atoms with Crippen molar-refractivity contribution >= 4 is 51.3 Å². The van der Waals surface area contributed by atoms with E-state index in [0.29, 0.717) is 56.7 Å². The van der Waals surface area contributed by atoms with Gasteiger partial charge in [-0.1, -0.05) is 79.4 Å². The maximum Gasteiger partial charge on any atom is 0.301 e. The fourth-order valence-electron chi connectivity index (χ4n) is 5.33. The molecular formula is C34H33N5O5S2. The van der Waals surface area contributed by atoms with E-state index in [2.05, 4.69) is 29.0 Å². The molecule has 0 spiro atoms. The molecule has 6 rings (SSSR count). The van der Waals surface area contributed by atoms with Crippen LogP contribution in [0.25, 0.3) is 11.4 Å². The number of pyridine rings is 1. The summed E-state index contributed by atoms with van der Waals surface area (Å²) in [6, 6.07) is 19.7. The molecule has 2 aromatic carbocycles. The van der Waals surface area contributed by atoms with E-state index in [4.69, 9.17) is 9.47 Å². The van der Waals surface area contributed by atoms with Crippen molar-refractivity contribution in [2.75, 3.05) is 18.6 Å². The molecule has 1 amide bonds. The number of carbonyl (C=O) groups is 2. The number of ketones is 1. The molecule has 10 nitrogen and oxygen atoms in total. The molecule has 1 saturated heterocycles. The van der Waals surface area contributed by atoms with Crippen LogP contribution in [0.1, 0.15) is 48.8 Å². The predicted octanol–water partition coefficient (Wildman–Crippen LogP) is 6.85. The molecule has 1 fully saturated rings. The number of thioether (sulfide) groups is 1. The van der Waals surface area contributed by atoms with Crippen molar-refractivity contribution in [2.45, 2.75) is 43.3 Å². The van der Waals surface area contributed by atoms with Gasteiger partial charge in [0.2, 0.25) is 5.13 Å². The molecule has 0 radical (unpaired) electrons. The molecule has 0 aliphatic carbocycles. The number of fused-ring (bicyclic) bond motifs is 1. The van der Waals surface area contributed by atoms with Crippen LogP contribution in [0.2, 0.25) is 0 Å². The highest BCUT2D eigenvalue weighted by atomic mass is 32.2. The number of nitrogens with zero attached hydrogens (tertiary/aromatic N) is 5. The number of ether oxygens (including phenoxy) is 2. The molecule has 1 aliphatic heterocycles. The van der Waals surface area contributed by atoms with Crippen molar-refractivity contribution < 1.29 is 24.2 Å². The Labute approximate surface area is 274 Å². The van der Waals surface area contributed by atoms with Gasteiger partial charge >= 0.3 is 5.91 Å². The van der Waals surface area contributed by atoms with E-state index in [9.17, 15) is 14.7 Å². The van der Waals surface area contributed by atoms with Crippen molar-refractivity contribution in [1.82, 2.24) is 19.6 Å². The number of Topliss-reactive ketones (excluding diaryl/α,β-unsaturated/α-hetero) is 1. The van der Waals surface area contributed by atoms with E-state index in [0.717, 1.165) is 12.0 Å². The third-order valence-corrected chi connectivity index (χ3v) is 9.76. The van der Waals surface area contributed by atoms with E-state index >= 15 is 0 Å². The number of imidazole rings is 1. The Morgan fingerprint density at radius 1 is 1.04 bits per heavy atom. The molecule has 236 valence electrons. The molecule has 0 bridgehead atoms. The van der Waals surface area contributed by atoms with Gasteiger partial charge in [0.25, 0.3) is 5.78 Å². The van der Waals surface area contributed by atoms with Crippen molar-refractivity contribution in [1.29, 1.82) is 0 Å². The number of hydrogen-bond acceptors (Lipinski definition) is 10. The summed E-state index contributed by atoms with van der Waals surface area (Å²) in [5, 5.41) is 20.8. The lowest BCUT2D eigenvalue weighted by Crippen LogP contribution is -2.29. The first kappa shape index (κ1) is 31.3. The van der Waals surface area contributed by atoms with Gasteiger partial charge in [0, 0.05) is 11.9 Å². The highest BCUT2D eigenvalue weighted by Gasteiger charge is 2.49. The van der Waals surface area contributed by atoms with E-state index in [1.165, 1.54) is 35.1 Å². The van der Waals surface area contributed by atoms with E-state index in [-0.39, 0.29) is 16.5 Å². The number of aliphatic hydroxyl groups is 1. The Morgan fingerprint density at radius 2 is 1.83 bits per heavy atom. The minimum absolute atomic E-state index is 0.0806. The summed E-state index contributed by atoms with van der Waals surface area (Å²) >= 11 is 2.70. The first-order chi connectivity index (χ1) is 22.3. The standard InChI is InChI=1S/C34H33N5O5S2/c1-20(2)15-17-44-24-14-13-23(18-25(24)43-4)29-27(30(40)28-21(3)35-26-12-8-9-16-38(26)28)31(41)32(42)39(29)33-36-37-34(46-33)45-19-22-10-6-5-7-11-22/h5-14,16,18,20,29,40H,15,17,19H2,1-4H3. The molecule has 3 aromatic heterocycles. The second-order valence-corrected chi connectivity index (χ2v) is 13.4. The molecule has 0 saturated carbocycles. The van der Waals surface area contributed by atoms with E-state index in [1.807, 2.05) is 36.4 Å². The van der Waals surface area contributed by atoms with Gasteiger partial charge in [0.15, 0.2) is 21.6 Å². The normalized spacial score (nSPS) is 16.1. The number of aromatic nitrogens is 4. The first-order valence-corrected chi connectivity index (χ1v) is 16.6. The summed E-state index contributed by atoms with van der Waals surface area (Å²) in [7, 11) is 1.54. The smallest absolute Gasteiger partial charge is 0.301 e. The van der Waals surface area contributed by atoms with Crippen LogP contribution < -0.4 is 14.4 Å². The van der Waals surface area contributed by atoms with Gasteiger partial charge in [0.05, 0.1) is 31.0 Å². The molecule has 46 heavy (non-hydrogen) atoms. The summed E-state index contributed by atoms with van der Waals surface area (Å²) in [6.45, 7) is 6.50. The summed E-state index contributed by atoms with van der Waals surface area (Å²) in [6.07, 6.45) is 2.62. The van der Waals surface area contributed by atoms with Crippen LogP contribution in [0.4, 0.5) is 5.13 Å². The minimum Gasteiger partial charge on any atom is -0.505 e. The van der Waals surface area contributed by atoms with Gasteiger partial charge in [-0.3, -0.25) is 18.9 Å². The quantitative estimate of drug-likeness (QED) is 0.0536. The van der Waals surface area contributed by atoms with Gasteiger partial charge in [-0.25, -0.2) is 4.98 Å². The molecule has 12 heteroatoms. The maximum absolute atomic E-state index is 13.9. The monoisotopic (exact) mass is 655 g/mol. The molecule has 1 atom stereocenters. The van der Waals surface area contributed by atoms with E-state index < -0.39 is 17.7 Å². The molecular weight excluding hydrogens is 623 g/mol. The van der Waals surface area contributed by atoms with Crippen molar-refractivity contribution in [3.05, 3.63) is 101 Å². The molecule has 5 aromatic rings. The van der Waals surface area contributed by atoms with E-state index in [1.54, 1.807) is 47.9 Å². The van der Waals surface area contributed by atoms with Gasteiger partial charge in [-0.2, -0.15) is 0 Å². The largest absolute Gasteiger partial charge is 0.505 e. The second-order valence-electron chi connectivity index (χ2n) is 11.2. The van der Waals surface area contributed by atoms with Crippen LogP contribution in [-0.2, 0) is 15.3 Å². The Balaban J connectivity index is 1.45. The lowest BCUT2D eigenvalue weighted by atomic mass is 9.96. The lowest BCUT2D eigenvalue weighted by Gasteiger charge is -2.23. The topological polar surface area (TPSA) is 119 Å². The van der Waals surface area contributed by atoms with Crippen LogP contribution in [0.3, 0.4) is 0 Å². The zero-order chi connectivity index (χ0) is 32.4. The fourth-order valence-corrected chi connectivity index (χ4v) is 7.15. The number of anilines is 1. The fraction of sp³-hybridized carbons (Fsp3) is 0.265. The highest BCUT2D eigenvalue weighted by molar-refractivity contribution is 8.00. The third kappa shape index (κ3) is 6.10. The Morgan fingerprint density at radius 3 is 2.59 bits per heavy atom. The van der Waals surface area contributed by atoms with Crippen molar-refractivity contribution in [2.24, 2.45) is 5.92 Å². The Hall–Kier alpha value is -4.68. The number of benzene rings is 2. The predicted molar refractivity (Wildman–Crippen MR) is 179 cm³/mol.